The van der Waals surface area contributed by atoms with Gasteiger partial charge in [0.2, 0.25) is 0 Å². The molecule has 0 amide bonds. The van der Waals surface area contributed by atoms with Crippen LogP contribution in [0.2, 0.25) is 38.3 Å². The summed E-state index contributed by atoms with van der Waals surface area (Å²) in [5, 5.41) is 3.62. The molecule has 2 rings (SSSR count). The zero-order chi connectivity index (χ0) is 14.1. The lowest BCUT2D eigenvalue weighted by atomic mass is 10.2. The minimum atomic E-state index is -1.25. The van der Waals surface area contributed by atoms with Crippen molar-refractivity contribution in [2.24, 2.45) is 0 Å². The highest BCUT2D eigenvalue weighted by atomic mass is 28.3. The van der Waals surface area contributed by atoms with Crippen LogP contribution in [0.15, 0.2) is 18.2 Å². The van der Waals surface area contributed by atoms with Crippen LogP contribution in [0.5, 0.6) is 0 Å². The first-order chi connectivity index (χ1) is 8.84. The van der Waals surface area contributed by atoms with E-state index in [0.717, 1.165) is 0 Å². The van der Waals surface area contributed by atoms with Crippen LogP contribution in [-0.2, 0) is 0 Å². The molecular weight excluding hydrogens is 260 g/mol. The predicted molar refractivity (Wildman–Crippen MR) is 93.5 cm³/mol. The summed E-state index contributed by atoms with van der Waals surface area (Å²) in [6.45, 7) is 12.7. The van der Waals surface area contributed by atoms with E-state index in [4.69, 9.17) is 0 Å². The van der Waals surface area contributed by atoms with Gasteiger partial charge in [0.15, 0.2) is 0 Å². The first kappa shape index (κ1) is 15.1. The molecule has 0 nitrogen and oxygen atoms in total. The average molecular weight is 291 g/mol. The third-order valence-electron chi connectivity index (χ3n) is 5.03. The largest absolute Gasteiger partial charge is 0.0808 e. The number of hydrogen-bond acceptors (Lipinski definition) is 0. The van der Waals surface area contributed by atoms with Gasteiger partial charge in [-0.2, -0.15) is 0 Å². The highest BCUT2D eigenvalue weighted by molar-refractivity contribution is 6.99. The van der Waals surface area contributed by atoms with Gasteiger partial charge in [0, 0.05) is 0 Å². The minimum absolute atomic E-state index is 1.23. The molecule has 1 aliphatic heterocycles. The van der Waals surface area contributed by atoms with Crippen molar-refractivity contribution in [2.45, 2.75) is 70.9 Å². The van der Waals surface area contributed by atoms with Crippen LogP contribution in [0.3, 0.4) is 0 Å². The van der Waals surface area contributed by atoms with Gasteiger partial charge in [0.25, 0.3) is 0 Å². The van der Waals surface area contributed by atoms with Gasteiger partial charge in [-0.15, -0.1) is 0 Å². The van der Waals surface area contributed by atoms with E-state index in [1.807, 2.05) is 5.19 Å². The van der Waals surface area contributed by atoms with Crippen molar-refractivity contribution in [2.75, 3.05) is 0 Å². The standard InChI is InChI=1S/C17H30Si2/c1-15-11-10-12-16-17(15)19(4,5)14-9-7-6-8-13-18(16,2)3/h10-12H,6-9,13-14H2,1-5H3. The van der Waals surface area contributed by atoms with Crippen LogP contribution in [0.1, 0.15) is 31.2 Å². The Balaban J connectivity index is 2.57. The maximum absolute atomic E-state index is 2.60. The first-order valence-corrected chi connectivity index (χ1v) is 14.4. The second kappa shape index (κ2) is 5.57. The van der Waals surface area contributed by atoms with Gasteiger partial charge in [0.05, 0.1) is 16.1 Å². The Kier molecular flexibility index (Phi) is 4.41. The molecule has 0 saturated heterocycles. The lowest BCUT2D eigenvalue weighted by Crippen LogP contribution is -2.59. The number of rotatable bonds is 0. The quantitative estimate of drug-likeness (QED) is 0.621. The molecule has 0 aromatic heterocycles. The van der Waals surface area contributed by atoms with E-state index in [2.05, 4.69) is 51.3 Å². The summed E-state index contributed by atoms with van der Waals surface area (Å²) in [4.78, 5) is 0. The molecule has 106 valence electrons. The van der Waals surface area contributed by atoms with Crippen molar-refractivity contribution in [1.82, 2.24) is 0 Å². The first-order valence-electron chi connectivity index (χ1n) is 7.95. The van der Waals surface area contributed by atoms with Crippen LogP contribution in [0.25, 0.3) is 0 Å². The zero-order valence-corrected chi connectivity index (χ0v) is 15.5. The summed E-state index contributed by atoms with van der Waals surface area (Å²) < 4.78 is 0. The Morgan fingerprint density at radius 3 is 2.00 bits per heavy atom. The number of hydrogen-bond donors (Lipinski definition) is 0. The fraction of sp³-hybridized carbons (Fsp3) is 0.647. The Bertz CT molecular complexity index is 447. The van der Waals surface area contributed by atoms with Gasteiger partial charge in [-0.3, -0.25) is 0 Å². The van der Waals surface area contributed by atoms with Crippen LogP contribution >= 0.6 is 0 Å². The fourth-order valence-corrected chi connectivity index (χ4v) is 12.1. The van der Waals surface area contributed by atoms with Crippen molar-refractivity contribution in [3.63, 3.8) is 0 Å². The molecule has 0 unspecified atom stereocenters. The molecule has 0 fully saturated rings. The van der Waals surface area contributed by atoms with Crippen molar-refractivity contribution in [1.29, 1.82) is 0 Å². The summed E-state index contributed by atoms with van der Waals surface area (Å²) in [5.41, 5.74) is 1.58. The van der Waals surface area contributed by atoms with Crippen molar-refractivity contribution in [3.8, 4) is 0 Å². The molecule has 19 heavy (non-hydrogen) atoms. The third-order valence-corrected chi connectivity index (χ3v) is 12.4. The number of aryl methyl sites for hydroxylation is 1. The minimum Gasteiger partial charge on any atom is -0.0654 e. The molecule has 1 heterocycles. The topological polar surface area (TPSA) is 0 Å². The summed E-state index contributed by atoms with van der Waals surface area (Å²) in [6, 6.07) is 10.1. The highest BCUT2D eigenvalue weighted by Crippen LogP contribution is 2.23. The van der Waals surface area contributed by atoms with Gasteiger partial charge in [-0.25, -0.2) is 0 Å². The molecule has 1 aliphatic rings. The van der Waals surface area contributed by atoms with Gasteiger partial charge < -0.3 is 0 Å². The summed E-state index contributed by atoms with van der Waals surface area (Å²) >= 11 is 0. The van der Waals surface area contributed by atoms with Crippen molar-refractivity contribution in [3.05, 3.63) is 23.8 Å². The highest BCUT2D eigenvalue weighted by Gasteiger charge is 2.34. The Labute approximate surface area is 121 Å². The van der Waals surface area contributed by atoms with Gasteiger partial charge >= 0.3 is 0 Å². The molecule has 1 aromatic carbocycles. The second-order valence-corrected chi connectivity index (χ2v) is 17.3. The van der Waals surface area contributed by atoms with Crippen molar-refractivity contribution < 1.29 is 0 Å². The van der Waals surface area contributed by atoms with Crippen LogP contribution in [-0.4, -0.2) is 16.1 Å². The Morgan fingerprint density at radius 1 is 0.789 bits per heavy atom. The average Bonchev–Trinajstić information content (AvgIpc) is 2.32. The lowest BCUT2D eigenvalue weighted by Gasteiger charge is -2.35. The van der Waals surface area contributed by atoms with Crippen LogP contribution in [0.4, 0.5) is 0 Å². The fourth-order valence-electron chi connectivity index (χ4n) is 3.88. The van der Waals surface area contributed by atoms with E-state index < -0.39 is 16.1 Å². The van der Waals surface area contributed by atoms with E-state index in [1.54, 1.807) is 10.8 Å². The third kappa shape index (κ3) is 3.22. The Hall–Kier alpha value is -0.346. The van der Waals surface area contributed by atoms with E-state index >= 15 is 0 Å². The molecule has 0 radical (unpaired) electrons. The summed E-state index contributed by atoms with van der Waals surface area (Å²) in [5.74, 6) is 0. The molecular formula is C17H30Si2. The van der Waals surface area contributed by atoms with E-state index in [0.29, 0.717) is 0 Å². The van der Waals surface area contributed by atoms with Gasteiger partial charge in [0.1, 0.15) is 0 Å². The number of fused-ring (bicyclic) bond motifs is 1. The van der Waals surface area contributed by atoms with Crippen LogP contribution in [0, 0.1) is 6.92 Å². The maximum Gasteiger partial charge on any atom is 0.0808 e. The molecule has 0 atom stereocenters. The summed E-state index contributed by atoms with van der Waals surface area (Å²) in [6.07, 6.45) is 5.83. The molecule has 0 bridgehead atoms. The van der Waals surface area contributed by atoms with Gasteiger partial charge in [-0.05, 0) is 6.92 Å². The second-order valence-electron chi connectivity index (χ2n) is 7.68. The maximum atomic E-state index is 2.60. The number of benzene rings is 1. The summed E-state index contributed by atoms with van der Waals surface area (Å²) in [7, 11) is -2.48. The molecule has 0 N–H and O–H groups in total. The van der Waals surface area contributed by atoms with Gasteiger partial charge in [-0.1, -0.05) is 98.1 Å². The molecule has 0 aliphatic carbocycles. The smallest absolute Gasteiger partial charge is 0.0654 e. The molecule has 0 saturated carbocycles. The zero-order valence-electron chi connectivity index (χ0n) is 13.5. The lowest BCUT2D eigenvalue weighted by molar-refractivity contribution is 0.692. The SMILES string of the molecule is Cc1cccc2c1[Si](C)(C)CCCCCC[Si]2(C)C. The van der Waals surface area contributed by atoms with Crippen molar-refractivity contribution >= 4 is 26.5 Å². The van der Waals surface area contributed by atoms with E-state index in [1.165, 1.54) is 37.8 Å². The Morgan fingerprint density at radius 2 is 1.37 bits per heavy atom. The predicted octanol–water partition coefficient (Wildman–Crippen LogP) is 4.40. The molecule has 0 spiro atoms. The normalized spacial score (nSPS) is 22.6. The molecule has 1 aromatic rings. The molecule has 2 heteroatoms. The van der Waals surface area contributed by atoms with E-state index in [9.17, 15) is 0 Å². The van der Waals surface area contributed by atoms with E-state index in [-0.39, 0.29) is 0 Å². The monoisotopic (exact) mass is 290 g/mol. The van der Waals surface area contributed by atoms with Crippen LogP contribution < -0.4 is 10.4 Å².